The van der Waals surface area contributed by atoms with Gasteiger partial charge < -0.3 is 14.9 Å². The zero-order valence-electron chi connectivity index (χ0n) is 25.6. The van der Waals surface area contributed by atoms with Crippen LogP contribution in [-0.2, 0) is 9.53 Å². The number of esters is 1. The van der Waals surface area contributed by atoms with Crippen LogP contribution in [0.2, 0.25) is 0 Å². The van der Waals surface area contributed by atoms with Crippen LogP contribution in [0.4, 0.5) is 0 Å². The Balaban J connectivity index is 5.42. The summed E-state index contributed by atoms with van der Waals surface area (Å²) in [4.78, 5) is 16.2. The van der Waals surface area contributed by atoms with Crippen molar-refractivity contribution in [3.05, 3.63) is 0 Å². The predicted octanol–water partition coefficient (Wildman–Crippen LogP) is 6.56. The van der Waals surface area contributed by atoms with E-state index in [2.05, 4.69) is 44.4 Å². The first-order chi connectivity index (χ1) is 17.9. The van der Waals surface area contributed by atoms with Gasteiger partial charge in [-0.25, -0.2) is 0 Å². The van der Waals surface area contributed by atoms with Crippen LogP contribution >= 0.6 is 0 Å². The molecule has 37 heavy (non-hydrogen) atoms. The van der Waals surface area contributed by atoms with Crippen LogP contribution in [0.3, 0.4) is 0 Å². The minimum absolute atomic E-state index is 0.0117. The third-order valence-electron chi connectivity index (χ3n) is 7.58. The molecule has 4 atom stereocenters. The summed E-state index contributed by atoms with van der Waals surface area (Å²) in [5.41, 5.74) is 0. The lowest BCUT2D eigenvalue weighted by atomic mass is 9.90. The van der Waals surface area contributed by atoms with Gasteiger partial charge >= 0.3 is 5.97 Å². The van der Waals surface area contributed by atoms with Crippen LogP contribution < -0.4 is 0 Å². The Morgan fingerprint density at radius 2 is 0.973 bits per heavy atom. The minimum atomic E-state index is -0.746. The van der Waals surface area contributed by atoms with Crippen molar-refractivity contribution in [2.75, 3.05) is 33.3 Å². The summed E-state index contributed by atoms with van der Waals surface area (Å²) in [7, 11) is 1.44. The van der Waals surface area contributed by atoms with Gasteiger partial charge in [0.25, 0.3) is 0 Å². The molecule has 0 aliphatic heterocycles. The van der Waals surface area contributed by atoms with Gasteiger partial charge in [0.15, 0.2) is 0 Å². The van der Waals surface area contributed by atoms with Crippen molar-refractivity contribution >= 4 is 5.97 Å². The number of unbranched alkanes of at least 4 members (excludes halogenated alkanes) is 7. The van der Waals surface area contributed by atoms with Crippen LogP contribution in [0.5, 0.6) is 0 Å². The molecule has 2 N–H and O–H groups in total. The van der Waals surface area contributed by atoms with E-state index in [4.69, 9.17) is 4.74 Å². The van der Waals surface area contributed by atoms with E-state index in [1.807, 2.05) is 0 Å². The number of hydrogen-bond donors (Lipinski definition) is 2. The molecule has 0 spiro atoms. The Kier molecular flexibility index (Phi) is 23.9. The van der Waals surface area contributed by atoms with E-state index in [1.165, 1.54) is 26.4 Å². The third kappa shape index (κ3) is 16.1. The number of carbonyl (C=O) groups excluding carboxylic acids is 1. The van der Waals surface area contributed by atoms with E-state index < -0.39 is 12.2 Å². The maximum atomic E-state index is 11.7. The van der Waals surface area contributed by atoms with E-state index in [1.54, 1.807) is 0 Å². The highest BCUT2D eigenvalue weighted by Gasteiger charge is 2.36. The van der Waals surface area contributed by atoms with Crippen LogP contribution in [0.15, 0.2) is 0 Å². The van der Waals surface area contributed by atoms with Gasteiger partial charge in [-0.15, -0.1) is 0 Å². The molecule has 0 aliphatic carbocycles. The van der Waals surface area contributed by atoms with Crippen LogP contribution in [0, 0.1) is 0 Å². The zero-order chi connectivity index (χ0) is 27.9. The smallest absolute Gasteiger partial charge is 0.305 e. The van der Waals surface area contributed by atoms with Gasteiger partial charge in [-0.05, 0) is 71.1 Å². The molecule has 0 rings (SSSR count). The molecule has 0 amide bonds. The first kappa shape index (κ1) is 36.3. The molecule has 6 nitrogen and oxygen atoms in total. The highest BCUT2D eigenvalue weighted by atomic mass is 16.5. The molecule has 0 aromatic carbocycles. The predicted molar refractivity (Wildman–Crippen MR) is 157 cm³/mol. The van der Waals surface area contributed by atoms with Crippen LogP contribution in [-0.4, -0.2) is 83.6 Å². The quantitative estimate of drug-likeness (QED) is 0.0978. The molecule has 0 saturated carbocycles. The second-order valence-electron chi connectivity index (χ2n) is 10.9. The molecular formula is C31H64N2O4. The van der Waals surface area contributed by atoms with Crippen molar-refractivity contribution < 1.29 is 19.7 Å². The summed E-state index contributed by atoms with van der Waals surface area (Å²) >= 11 is 0. The largest absolute Gasteiger partial charge is 0.469 e. The summed E-state index contributed by atoms with van der Waals surface area (Å²) in [6.45, 7) is 14.9. The Morgan fingerprint density at radius 1 is 0.595 bits per heavy atom. The minimum Gasteiger partial charge on any atom is -0.469 e. The average molecular weight is 529 g/mol. The summed E-state index contributed by atoms with van der Waals surface area (Å²) in [5, 5.41) is 23.4. The van der Waals surface area contributed by atoms with Crippen molar-refractivity contribution in [2.45, 2.75) is 162 Å². The fourth-order valence-electron chi connectivity index (χ4n) is 5.67. The molecule has 0 saturated heterocycles. The normalized spacial score (nSPS) is 15.2. The zero-order valence-corrected chi connectivity index (χ0v) is 25.6. The van der Waals surface area contributed by atoms with Gasteiger partial charge in [0, 0.05) is 18.5 Å². The number of nitrogens with zero attached hydrogens (tertiary/aromatic N) is 2. The lowest BCUT2D eigenvalue weighted by Crippen LogP contribution is -2.56. The Labute approximate surface area is 230 Å². The summed E-state index contributed by atoms with van der Waals surface area (Å²) in [6.07, 6.45) is 14.9. The van der Waals surface area contributed by atoms with Crippen LogP contribution in [0.1, 0.15) is 137 Å². The molecule has 0 radical (unpaired) electrons. The molecule has 0 fully saturated rings. The SMILES string of the molecule is CCCCCCC(C(O)C(O)C(CCCCCCCC(=O)OC)N(CCC)CCC)N(CCC)CCC. The van der Waals surface area contributed by atoms with Crippen molar-refractivity contribution in [3.8, 4) is 0 Å². The Hall–Kier alpha value is -0.690. The number of methoxy groups -OCH3 is 1. The maximum Gasteiger partial charge on any atom is 0.305 e. The number of rotatable bonds is 26. The van der Waals surface area contributed by atoms with Crippen molar-refractivity contribution in [3.63, 3.8) is 0 Å². The molecule has 0 aliphatic rings. The third-order valence-corrected chi connectivity index (χ3v) is 7.58. The van der Waals surface area contributed by atoms with Crippen molar-refractivity contribution in [1.29, 1.82) is 0 Å². The lowest BCUT2D eigenvalue weighted by molar-refractivity contribution is -0.140. The summed E-state index contributed by atoms with van der Waals surface area (Å²) in [5.74, 6) is -0.128. The molecule has 0 bridgehead atoms. The van der Waals surface area contributed by atoms with Gasteiger partial charge in [-0.1, -0.05) is 86.0 Å². The van der Waals surface area contributed by atoms with Crippen LogP contribution in [0.25, 0.3) is 0 Å². The molecule has 222 valence electrons. The number of aliphatic hydroxyl groups is 2. The summed E-state index contributed by atoms with van der Waals surface area (Å²) < 4.78 is 4.73. The molecule has 0 aromatic heterocycles. The number of hydrogen-bond acceptors (Lipinski definition) is 6. The highest BCUT2D eigenvalue weighted by Crippen LogP contribution is 2.24. The molecular weight excluding hydrogens is 464 g/mol. The average Bonchev–Trinajstić information content (AvgIpc) is 2.89. The fraction of sp³-hybridized carbons (Fsp3) is 0.968. The maximum absolute atomic E-state index is 11.7. The van der Waals surface area contributed by atoms with Gasteiger partial charge in [0.05, 0.1) is 19.3 Å². The molecule has 4 unspecified atom stereocenters. The topological polar surface area (TPSA) is 73.2 Å². The van der Waals surface area contributed by atoms with E-state index in [9.17, 15) is 15.0 Å². The number of carbonyl (C=O) groups is 1. The molecule has 0 aromatic rings. The second kappa shape index (κ2) is 24.4. The Bertz CT molecular complexity index is 507. The molecule has 0 heterocycles. The van der Waals surface area contributed by atoms with E-state index in [-0.39, 0.29) is 18.1 Å². The van der Waals surface area contributed by atoms with Gasteiger partial charge in [-0.2, -0.15) is 0 Å². The standard InChI is InChI=1S/C31H64N2O4/c1-7-12-13-17-20-27(32(23-8-2)24-9-3)30(35)31(36)28(33(25-10-4)26-11-5)21-18-15-14-16-19-22-29(34)37-6/h27-28,30-31,35-36H,7-26H2,1-6H3. The molecule has 6 heteroatoms. The van der Waals surface area contributed by atoms with Gasteiger partial charge in [-0.3, -0.25) is 14.6 Å². The second-order valence-corrected chi connectivity index (χ2v) is 10.9. The van der Waals surface area contributed by atoms with E-state index in [0.29, 0.717) is 6.42 Å². The first-order valence-corrected chi connectivity index (χ1v) is 15.8. The van der Waals surface area contributed by atoms with Gasteiger partial charge in [0.1, 0.15) is 0 Å². The number of ether oxygens (including phenoxy) is 1. The highest BCUT2D eigenvalue weighted by molar-refractivity contribution is 5.68. The van der Waals surface area contributed by atoms with E-state index in [0.717, 1.165) is 103 Å². The van der Waals surface area contributed by atoms with E-state index >= 15 is 0 Å². The van der Waals surface area contributed by atoms with Crippen molar-refractivity contribution in [2.24, 2.45) is 0 Å². The number of aliphatic hydroxyl groups excluding tert-OH is 2. The monoisotopic (exact) mass is 528 g/mol. The fourth-order valence-corrected chi connectivity index (χ4v) is 5.67. The first-order valence-electron chi connectivity index (χ1n) is 15.8. The Morgan fingerprint density at radius 3 is 1.35 bits per heavy atom. The van der Waals surface area contributed by atoms with Gasteiger partial charge in [0.2, 0.25) is 0 Å². The summed E-state index contributed by atoms with van der Waals surface area (Å²) in [6, 6.07) is -0.00843. The lowest BCUT2D eigenvalue weighted by Gasteiger charge is -2.42. The van der Waals surface area contributed by atoms with Crippen molar-refractivity contribution in [1.82, 2.24) is 9.80 Å².